The van der Waals surface area contributed by atoms with Crippen LogP contribution in [-0.2, 0) is 28.6 Å². The van der Waals surface area contributed by atoms with Crippen molar-refractivity contribution in [1.82, 2.24) is 0 Å². The van der Waals surface area contributed by atoms with E-state index >= 15 is 0 Å². The first-order chi connectivity index (χ1) is 37.0. The molecule has 0 aromatic carbocycles. The zero-order chi connectivity index (χ0) is 54.3. The van der Waals surface area contributed by atoms with Crippen LogP contribution in [0.5, 0.6) is 0 Å². The molecule has 0 aliphatic rings. The molecular formula is C69H118O6. The van der Waals surface area contributed by atoms with Gasteiger partial charge in [-0.2, -0.15) is 0 Å². The lowest BCUT2D eigenvalue weighted by atomic mass is 10.0. The van der Waals surface area contributed by atoms with Gasteiger partial charge in [0.25, 0.3) is 0 Å². The minimum Gasteiger partial charge on any atom is -0.462 e. The summed E-state index contributed by atoms with van der Waals surface area (Å²) in [4.78, 5) is 38.3. The van der Waals surface area contributed by atoms with E-state index in [9.17, 15) is 14.4 Å². The first-order valence-corrected chi connectivity index (χ1v) is 31.7. The lowest BCUT2D eigenvalue weighted by molar-refractivity contribution is -0.167. The molecule has 0 bridgehead atoms. The molecule has 0 amide bonds. The molecule has 0 aromatic heterocycles. The summed E-state index contributed by atoms with van der Waals surface area (Å²) in [7, 11) is 0. The Morgan fingerprint density at radius 1 is 0.280 bits per heavy atom. The zero-order valence-electron chi connectivity index (χ0n) is 49.3. The number of allylic oxidation sites excluding steroid dienone is 16. The summed E-state index contributed by atoms with van der Waals surface area (Å²) >= 11 is 0. The standard InChI is InChI=1S/C69H118O6/c1-4-7-10-13-16-19-22-25-27-29-31-32-33-34-35-36-38-39-41-44-47-50-53-56-59-62-68(71)74-65-66(64-73-67(70)61-58-55-52-49-46-43-24-21-18-15-12-9-6-3)75-69(72)63-60-57-54-51-48-45-42-40-37-30-28-26-23-20-17-14-11-8-5-2/h7,9-10,12,16,18-19,21,25,27,31-32,34-35,43,46,66H,4-6,8,11,13-15,17,20,22-24,26,28-30,33,36-42,44-45,47-65H2,1-3H3/b10-7-,12-9-,19-16-,21-18-,27-25-,32-31-,35-34-,46-43-. The number of unbranched alkanes of at least 4 members (excludes halogenated alkanes) is 30. The van der Waals surface area contributed by atoms with E-state index in [1.165, 1.54) is 141 Å². The Balaban J connectivity index is 4.34. The Bertz CT molecular complexity index is 1480. The molecule has 0 N–H and O–H groups in total. The normalized spacial score (nSPS) is 12.7. The Labute approximate surface area is 464 Å². The third kappa shape index (κ3) is 61.1. The second-order valence-corrected chi connectivity index (χ2v) is 20.9. The first-order valence-electron chi connectivity index (χ1n) is 31.7. The van der Waals surface area contributed by atoms with E-state index in [-0.39, 0.29) is 31.1 Å². The van der Waals surface area contributed by atoms with Crippen LogP contribution in [0.25, 0.3) is 0 Å². The molecule has 0 aliphatic heterocycles. The number of carbonyl (C=O) groups is 3. The molecule has 0 spiro atoms. The van der Waals surface area contributed by atoms with Gasteiger partial charge < -0.3 is 14.2 Å². The lowest BCUT2D eigenvalue weighted by Gasteiger charge is -2.18. The molecule has 0 aliphatic carbocycles. The summed E-state index contributed by atoms with van der Waals surface area (Å²) in [6.45, 7) is 6.41. The number of hydrogen-bond acceptors (Lipinski definition) is 6. The third-order valence-corrected chi connectivity index (χ3v) is 13.6. The van der Waals surface area contributed by atoms with Crippen molar-refractivity contribution in [2.45, 2.75) is 309 Å². The van der Waals surface area contributed by atoms with Crippen LogP contribution in [0.2, 0.25) is 0 Å². The molecular weight excluding hydrogens is 925 g/mol. The van der Waals surface area contributed by atoms with Crippen molar-refractivity contribution in [3.63, 3.8) is 0 Å². The maximum absolute atomic E-state index is 12.9. The third-order valence-electron chi connectivity index (χ3n) is 13.6. The maximum Gasteiger partial charge on any atom is 0.306 e. The predicted molar refractivity (Wildman–Crippen MR) is 325 cm³/mol. The van der Waals surface area contributed by atoms with E-state index in [1.54, 1.807) is 0 Å². The predicted octanol–water partition coefficient (Wildman–Crippen LogP) is 21.7. The van der Waals surface area contributed by atoms with Crippen LogP contribution in [0.3, 0.4) is 0 Å². The smallest absolute Gasteiger partial charge is 0.306 e. The summed E-state index contributed by atoms with van der Waals surface area (Å²) in [6.07, 6.45) is 84.2. The van der Waals surface area contributed by atoms with Gasteiger partial charge in [0, 0.05) is 19.3 Å². The lowest BCUT2D eigenvalue weighted by Crippen LogP contribution is -2.30. The van der Waals surface area contributed by atoms with Gasteiger partial charge in [0.15, 0.2) is 6.10 Å². The highest BCUT2D eigenvalue weighted by atomic mass is 16.6. The van der Waals surface area contributed by atoms with E-state index < -0.39 is 6.10 Å². The summed E-state index contributed by atoms with van der Waals surface area (Å²) in [5.41, 5.74) is 0. The molecule has 1 atom stereocenters. The van der Waals surface area contributed by atoms with Gasteiger partial charge in [-0.1, -0.05) is 285 Å². The highest BCUT2D eigenvalue weighted by Crippen LogP contribution is 2.17. The molecule has 0 saturated carbocycles. The SMILES string of the molecule is CC/C=C\C/C=C\C/C=C\C/C=C\C/C=C\CCCCCCCCCCCC(=O)OCC(COC(=O)CCCCC/C=C\C/C=C\C/C=C\CC)OC(=O)CCCCCCCCCCCCCCCCCCCCC. The van der Waals surface area contributed by atoms with E-state index in [4.69, 9.17) is 14.2 Å². The van der Waals surface area contributed by atoms with Crippen molar-refractivity contribution in [2.24, 2.45) is 0 Å². The van der Waals surface area contributed by atoms with Gasteiger partial charge in [-0.3, -0.25) is 14.4 Å². The summed E-state index contributed by atoms with van der Waals surface area (Å²) in [6, 6.07) is 0. The first kappa shape index (κ1) is 71.3. The molecule has 0 rings (SSSR count). The molecule has 0 heterocycles. The number of hydrogen-bond donors (Lipinski definition) is 0. The van der Waals surface area contributed by atoms with Crippen molar-refractivity contribution >= 4 is 17.9 Å². The second-order valence-electron chi connectivity index (χ2n) is 20.9. The van der Waals surface area contributed by atoms with Gasteiger partial charge in [0.05, 0.1) is 0 Å². The van der Waals surface area contributed by atoms with Crippen molar-refractivity contribution in [3.8, 4) is 0 Å². The largest absolute Gasteiger partial charge is 0.462 e. The van der Waals surface area contributed by atoms with E-state index in [2.05, 4.69) is 118 Å². The molecule has 6 heteroatoms. The molecule has 75 heavy (non-hydrogen) atoms. The monoisotopic (exact) mass is 1040 g/mol. The van der Waals surface area contributed by atoms with Gasteiger partial charge >= 0.3 is 17.9 Å². The summed E-state index contributed by atoms with van der Waals surface area (Å²) in [5.74, 6) is -0.913. The molecule has 0 aromatic rings. The highest BCUT2D eigenvalue weighted by molar-refractivity contribution is 5.71. The van der Waals surface area contributed by atoms with Gasteiger partial charge in [0.1, 0.15) is 13.2 Å². The van der Waals surface area contributed by atoms with E-state index in [1.807, 2.05) is 0 Å². The fourth-order valence-electron chi connectivity index (χ4n) is 8.90. The van der Waals surface area contributed by atoms with Crippen LogP contribution in [0, 0.1) is 0 Å². The fraction of sp³-hybridized carbons (Fsp3) is 0.725. The van der Waals surface area contributed by atoms with Crippen molar-refractivity contribution in [1.29, 1.82) is 0 Å². The van der Waals surface area contributed by atoms with Crippen molar-refractivity contribution in [2.75, 3.05) is 13.2 Å². The van der Waals surface area contributed by atoms with Crippen LogP contribution in [0.4, 0.5) is 0 Å². The molecule has 430 valence electrons. The van der Waals surface area contributed by atoms with Crippen LogP contribution in [0.15, 0.2) is 97.2 Å². The van der Waals surface area contributed by atoms with Gasteiger partial charge in [0.2, 0.25) is 0 Å². The Hall–Kier alpha value is -3.67. The van der Waals surface area contributed by atoms with Crippen LogP contribution in [0.1, 0.15) is 303 Å². The number of carbonyl (C=O) groups excluding carboxylic acids is 3. The van der Waals surface area contributed by atoms with Crippen LogP contribution >= 0.6 is 0 Å². The minimum atomic E-state index is -0.792. The van der Waals surface area contributed by atoms with E-state index in [0.717, 1.165) is 122 Å². The number of ether oxygens (including phenoxy) is 3. The Morgan fingerprint density at radius 2 is 0.520 bits per heavy atom. The van der Waals surface area contributed by atoms with Crippen LogP contribution in [-0.4, -0.2) is 37.2 Å². The minimum absolute atomic E-state index is 0.0882. The second kappa shape index (κ2) is 62.9. The zero-order valence-corrected chi connectivity index (χ0v) is 49.3. The number of esters is 3. The fourth-order valence-corrected chi connectivity index (χ4v) is 8.90. The van der Waals surface area contributed by atoms with Gasteiger partial charge in [-0.05, 0) is 96.3 Å². The average molecular weight is 1040 g/mol. The van der Waals surface area contributed by atoms with Gasteiger partial charge in [-0.15, -0.1) is 0 Å². The Kier molecular flexibility index (Phi) is 59.8. The maximum atomic E-state index is 12.9. The van der Waals surface area contributed by atoms with Crippen LogP contribution < -0.4 is 0 Å². The summed E-state index contributed by atoms with van der Waals surface area (Å²) in [5, 5.41) is 0. The van der Waals surface area contributed by atoms with Gasteiger partial charge in [-0.25, -0.2) is 0 Å². The highest BCUT2D eigenvalue weighted by Gasteiger charge is 2.19. The summed E-state index contributed by atoms with van der Waals surface area (Å²) < 4.78 is 16.9. The van der Waals surface area contributed by atoms with E-state index in [0.29, 0.717) is 19.3 Å². The average Bonchev–Trinajstić information content (AvgIpc) is 3.41. The quantitative estimate of drug-likeness (QED) is 0.0261. The molecule has 0 saturated heterocycles. The topological polar surface area (TPSA) is 78.9 Å². The molecule has 1 unspecified atom stereocenters. The van der Waals surface area contributed by atoms with Crippen molar-refractivity contribution in [3.05, 3.63) is 97.2 Å². The molecule has 0 radical (unpaired) electrons. The molecule has 0 fully saturated rings. The number of rotatable bonds is 57. The Morgan fingerprint density at radius 3 is 0.827 bits per heavy atom. The molecule has 6 nitrogen and oxygen atoms in total. The van der Waals surface area contributed by atoms with Crippen molar-refractivity contribution < 1.29 is 28.6 Å².